The Bertz CT molecular complexity index is 1360. The van der Waals surface area contributed by atoms with Crippen molar-refractivity contribution in [3.63, 3.8) is 0 Å². The van der Waals surface area contributed by atoms with Gasteiger partial charge < -0.3 is 9.64 Å². The number of anilines is 1. The molecule has 29 heavy (non-hydrogen) atoms. The van der Waals surface area contributed by atoms with Gasteiger partial charge in [-0.15, -0.1) is 0 Å². The molecule has 0 saturated carbocycles. The first kappa shape index (κ1) is 17.9. The molecule has 0 saturated heterocycles. The van der Waals surface area contributed by atoms with Gasteiger partial charge in [0.2, 0.25) is 0 Å². The van der Waals surface area contributed by atoms with Crippen LogP contribution in [0.3, 0.4) is 0 Å². The number of nitrogens with zero attached hydrogens (tertiary/aromatic N) is 4. The fourth-order valence-corrected chi connectivity index (χ4v) is 4.72. The maximum Gasteiger partial charge on any atom is 0.342 e. The number of carbonyl (C=O) groups is 1. The third-order valence-electron chi connectivity index (χ3n) is 5.71. The minimum absolute atomic E-state index is 0.207. The largest absolute Gasteiger partial charge is 0.462 e. The molecular weight excluding hydrogens is 368 g/mol. The minimum Gasteiger partial charge on any atom is -0.462 e. The first-order valence-electron chi connectivity index (χ1n) is 9.72. The summed E-state index contributed by atoms with van der Waals surface area (Å²) in [7, 11) is 4.13. The second-order valence-electron chi connectivity index (χ2n) is 7.76. The Kier molecular flexibility index (Phi) is 3.79. The van der Waals surface area contributed by atoms with Crippen LogP contribution in [0.15, 0.2) is 29.1 Å². The van der Waals surface area contributed by atoms with Crippen LogP contribution >= 0.6 is 0 Å². The molecule has 7 heteroatoms. The van der Waals surface area contributed by atoms with E-state index in [9.17, 15) is 9.59 Å². The molecule has 2 aromatic heterocycles. The SMILES string of the molecule is CCOC(=O)c1c(C)nn2c(=O)c3cc4c(c5cccc(c53)c12)N(C)CN(C)C4. The first-order valence-corrected chi connectivity index (χ1v) is 9.72. The van der Waals surface area contributed by atoms with Gasteiger partial charge in [0.1, 0.15) is 5.56 Å². The molecule has 0 aliphatic carbocycles. The van der Waals surface area contributed by atoms with E-state index in [1.165, 1.54) is 4.52 Å². The van der Waals surface area contributed by atoms with Gasteiger partial charge in [-0.2, -0.15) is 9.61 Å². The highest BCUT2D eigenvalue weighted by Crippen LogP contribution is 2.39. The number of hydrogen-bond acceptors (Lipinski definition) is 6. The third kappa shape index (κ3) is 2.37. The van der Waals surface area contributed by atoms with Crippen molar-refractivity contribution in [3.8, 4) is 0 Å². The fourth-order valence-electron chi connectivity index (χ4n) is 4.72. The number of ether oxygens (including phenoxy) is 1. The molecule has 0 fully saturated rings. The summed E-state index contributed by atoms with van der Waals surface area (Å²) in [5.41, 5.74) is 3.44. The van der Waals surface area contributed by atoms with Crippen LogP contribution in [0.1, 0.15) is 28.5 Å². The van der Waals surface area contributed by atoms with Crippen molar-refractivity contribution in [2.75, 3.05) is 32.3 Å². The Balaban J connectivity index is 1.99. The van der Waals surface area contributed by atoms with Crippen molar-refractivity contribution in [2.45, 2.75) is 20.4 Å². The van der Waals surface area contributed by atoms with Crippen molar-refractivity contribution >= 4 is 38.7 Å². The monoisotopic (exact) mass is 390 g/mol. The van der Waals surface area contributed by atoms with E-state index >= 15 is 0 Å². The molecule has 1 aliphatic heterocycles. The second-order valence-corrected chi connectivity index (χ2v) is 7.76. The summed E-state index contributed by atoms with van der Waals surface area (Å²) in [4.78, 5) is 30.5. The lowest BCUT2D eigenvalue weighted by Gasteiger charge is -2.35. The van der Waals surface area contributed by atoms with E-state index in [4.69, 9.17) is 4.74 Å². The van der Waals surface area contributed by atoms with E-state index in [1.54, 1.807) is 13.8 Å². The maximum atomic E-state index is 13.4. The van der Waals surface area contributed by atoms with Crippen molar-refractivity contribution in [2.24, 2.45) is 0 Å². The highest BCUT2D eigenvalue weighted by atomic mass is 16.5. The number of esters is 1. The second kappa shape index (κ2) is 6.15. The molecule has 4 aromatic rings. The molecule has 3 heterocycles. The Morgan fingerprint density at radius 3 is 2.72 bits per heavy atom. The molecular formula is C22H22N4O3. The molecule has 0 radical (unpaired) electrons. The molecule has 2 aromatic carbocycles. The summed E-state index contributed by atoms with van der Waals surface area (Å²) in [5, 5.41) is 7.79. The molecule has 0 atom stereocenters. The minimum atomic E-state index is -0.448. The van der Waals surface area contributed by atoms with Gasteiger partial charge in [-0.1, -0.05) is 18.2 Å². The van der Waals surface area contributed by atoms with Gasteiger partial charge in [-0.3, -0.25) is 9.69 Å². The van der Waals surface area contributed by atoms with E-state index in [2.05, 4.69) is 35.1 Å². The number of pyridine rings is 1. The van der Waals surface area contributed by atoms with Crippen LogP contribution in [0.25, 0.3) is 27.1 Å². The Morgan fingerprint density at radius 1 is 1.21 bits per heavy atom. The zero-order valence-electron chi connectivity index (χ0n) is 16.9. The molecule has 1 aliphatic rings. The van der Waals surface area contributed by atoms with Crippen LogP contribution in [0.2, 0.25) is 0 Å². The number of aryl methyl sites for hydroxylation is 1. The van der Waals surface area contributed by atoms with Crippen LogP contribution in [0, 0.1) is 6.92 Å². The number of hydrogen-bond donors (Lipinski definition) is 0. The van der Waals surface area contributed by atoms with Crippen LogP contribution in [-0.4, -0.2) is 47.9 Å². The smallest absolute Gasteiger partial charge is 0.342 e. The highest BCUT2D eigenvalue weighted by Gasteiger charge is 2.27. The average molecular weight is 390 g/mol. The van der Waals surface area contributed by atoms with Gasteiger partial charge in [-0.05, 0) is 32.5 Å². The predicted molar refractivity (Wildman–Crippen MR) is 113 cm³/mol. The molecule has 0 N–H and O–H groups in total. The molecule has 148 valence electrons. The first-order chi connectivity index (χ1) is 13.9. The zero-order valence-corrected chi connectivity index (χ0v) is 16.9. The summed E-state index contributed by atoms with van der Waals surface area (Å²) < 4.78 is 6.62. The van der Waals surface area contributed by atoms with Gasteiger partial charge in [0.15, 0.2) is 0 Å². The van der Waals surface area contributed by atoms with E-state index < -0.39 is 5.97 Å². The van der Waals surface area contributed by atoms with Crippen LogP contribution in [0.5, 0.6) is 0 Å². The van der Waals surface area contributed by atoms with E-state index in [1.807, 2.05) is 18.2 Å². The normalized spacial score (nSPS) is 14.8. The standard InChI is InChI=1S/C22H22N4O3/c1-5-29-22(28)17-12(2)23-26-20(17)15-8-6-7-14-18(15)16(21(26)27)9-13-10-24(3)11-25(4)19(13)14/h6-9H,5,10-11H2,1-4H3. The highest BCUT2D eigenvalue weighted by molar-refractivity contribution is 6.21. The molecule has 7 nitrogen and oxygen atoms in total. The number of aromatic nitrogens is 2. The summed E-state index contributed by atoms with van der Waals surface area (Å²) in [6, 6.07) is 7.97. The van der Waals surface area contributed by atoms with Crippen molar-refractivity contribution in [3.05, 3.63) is 51.4 Å². The number of carbonyl (C=O) groups excluding carboxylic acids is 1. The van der Waals surface area contributed by atoms with Crippen LogP contribution < -0.4 is 10.5 Å². The lowest BCUT2D eigenvalue weighted by Crippen LogP contribution is -2.37. The maximum absolute atomic E-state index is 13.4. The van der Waals surface area contributed by atoms with E-state index in [-0.39, 0.29) is 12.2 Å². The van der Waals surface area contributed by atoms with Gasteiger partial charge in [0.05, 0.1) is 29.9 Å². The van der Waals surface area contributed by atoms with Gasteiger partial charge >= 0.3 is 5.97 Å². The van der Waals surface area contributed by atoms with E-state index in [0.29, 0.717) is 22.2 Å². The van der Waals surface area contributed by atoms with Gasteiger partial charge in [-0.25, -0.2) is 4.79 Å². The summed E-state index contributed by atoms with van der Waals surface area (Å²) in [6.07, 6.45) is 0. The molecule has 5 rings (SSSR count). The van der Waals surface area contributed by atoms with Crippen LogP contribution in [0.4, 0.5) is 5.69 Å². The molecule has 0 spiro atoms. The Morgan fingerprint density at radius 2 is 1.97 bits per heavy atom. The predicted octanol–water partition coefficient (Wildman–Crippen LogP) is 2.76. The zero-order chi connectivity index (χ0) is 20.4. The quantitative estimate of drug-likeness (QED) is 0.491. The third-order valence-corrected chi connectivity index (χ3v) is 5.71. The lowest BCUT2D eigenvalue weighted by molar-refractivity contribution is 0.0528. The lowest BCUT2D eigenvalue weighted by atomic mass is 9.94. The number of benzene rings is 2. The fraction of sp³-hybridized carbons (Fsp3) is 0.318. The summed E-state index contributed by atoms with van der Waals surface area (Å²) in [5.74, 6) is -0.448. The summed E-state index contributed by atoms with van der Waals surface area (Å²) in [6.45, 7) is 5.36. The van der Waals surface area contributed by atoms with Crippen molar-refractivity contribution < 1.29 is 9.53 Å². The van der Waals surface area contributed by atoms with Crippen LogP contribution in [-0.2, 0) is 11.3 Å². The Labute approximate surface area is 167 Å². The number of rotatable bonds is 2. The van der Waals surface area contributed by atoms with E-state index in [0.717, 1.165) is 40.6 Å². The Hall–Kier alpha value is -3.19. The number of fused-ring (bicyclic) bond motifs is 4. The molecule has 0 amide bonds. The topological polar surface area (TPSA) is 67.1 Å². The van der Waals surface area contributed by atoms with Gasteiger partial charge in [0.25, 0.3) is 5.56 Å². The summed E-state index contributed by atoms with van der Waals surface area (Å²) >= 11 is 0. The van der Waals surface area contributed by atoms with Gasteiger partial charge in [0, 0.05) is 35.4 Å². The molecule has 0 unspecified atom stereocenters. The molecule has 0 bridgehead atoms. The van der Waals surface area contributed by atoms with Crippen molar-refractivity contribution in [1.29, 1.82) is 0 Å². The average Bonchev–Trinajstić information content (AvgIpc) is 3.02. The van der Waals surface area contributed by atoms with Crippen molar-refractivity contribution in [1.82, 2.24) is 14.5 Å².